The highest BCUT2D eigenvalue weighted by Gasteiger charge is 2.47. The fourth-order valence-corrected chi connectivity index (χ4v) is 4.19. The molecule has 0 unspecified atom stereocenters. The Kier molecular flexibility index (Phi) is 10.2. The van der Waals surface area contributed by atoms with E-state index < -0.39 is 11.2 Å². The first-order valence-electron chi connectivity index (χ1n) is 11.2. The first-order chi connectivity index (χ1) is 14.8. The molecule has 0 aromatic heterocycles. The summed E-state index contributed by atoms with van der Waals surface area (Å²) in [5, 5.41) is 0. The lowest BCUT2D eigenvalue weighted by molar-refractivity contribution is -0.264. The SMILES string of the molecule is CCOC(=O)/C1=C/C[C@@](C)(OCOC)[C@@H]2CC[C@](C)(OCOC)[C@@H](CC/C(C)=C/C1)O2. The van der Waals surface area contributed by atoms with Crippen LogP contribution in [0.5, 0.6) is 0 Å². The van der Waals surface area contributed by atoms with Gasteiger partial charge in [-0.15, -0.1) is 0 Å². The minimum Gasteiger partial charge on any atom is -0.463 e. The molecule has 2 aliphatic heterocycles. The van der Waals surface area contributed by atoms with E-state index in [9.17, 15) is 4.79 Å². The Morgan fingerprint density at radius 3 is 2.35 bits per heavy atom. The molecule has 0 radical (unpaired) electrons. The summed E-state index contributed by atoms with van der Waals surface area (Å²) in [6.45, 7) is 8.78. The molecule has 2 bridgehead atoms. The van der Waals surface area contributed by atoms with Crippen LogP contribution in [-0.2, 0) is 33.2 Å². The third-order valence-corrected chi connectivity index (χ3v) is 6.37. The first-order valence-corrected chi connectivity index (χ1v) is 11.2. The van der Waals surface area contributed by atoms with Gasteiger partial charge in [0.05, 0.1) is 30.0 Å². The Bertz CT molecular complexity index is 644. The molecule has 4 atom stereocenters. The number of esters is 1. The third-order valence-electron chi connectivity index (χ3n) is 6.37. The molecule has 2 rings (SSSR count). The van der Waals surface area contributed by atoms with Crippen molar-refractivity contribution < 1.29 is 33.2 Å². The van der Waals surface area contributed by atoms with Crippen molar-refractivity contribution in [3.63, 3.8) is 0 Å². The first kappa shape index (κ1) is 26.0. The van der Waals surface area contributed by atoms with E-state index in [1.54, 1.807) is 14.2 Å². The number of allylic oxidation sites excluding steroid dienone is 2. The molecular weight excluding hydrogens is 400 g/mol. The molecule has 1 saturated heterocycles. The van der Waals surface area contributed by atoms with E-state index in [2.05, 4.69) is 19.9 Å². The zero-order chi connectivity index (χ0) is 22.9. The predicted octanol–water partition coefficient (Wildman–Crippen LogP) is 4.30. The van der Waals surface area contributed by atoms with Crippen molar-refractivity contribution >= 4 is 5.97 Å². The Morgan fingerprint density at radius 2 is 1.71 bits per heavy atom. The zero-order valence-electron chi connectivity index (χ0n) is 20.0. The van der Waals surface area contributed by atoms with Crippen LogP contribution < -0.4 is 0 Å². The van der Waals surface area contributed by atoms with Gasteiger partial charge in [0.1, 0.15) is 13.6 Å². The van der Waals surface area contributed by atoms with E-state index in [0.717, 1.165) is 25.7 Å². The van der Waals surface area contributed by atoms with Gasteiger partial charge in [-0.1, -0.05) is 17.7 Å². The summed E-state index contributed by atoms with van der Waals surface area (Å²) in [4.78, 5) is 12.5. The van der Waals surface area contributed by atoms with Gasteiger partial charge in [-0.25, -0.2) is 4.79 Å². The summed E-state index contributed by atoms with van der Waals surface area (Å²) >= 11 is 0. The van der Waals surface area contributed by atoms with Gasteiger partial charge < -0.3 is 28.4 Å². The van der Waals surface area contributed by atoms with Crippen LogP contribution in [0.3, 0.4) is 0 Å². The fraction of sp³-hybridized carbons (Fsp3) is 0.792. The van der Waals surface area contributed by atoms with Crippen LogP contribution in [0.4, 0.5) is 0 Å². The Morgan fingerprint density at radius 1 is 1.06 bits per heavy atom. The molecule has 31 heavy (non-hydrogen) atoms. The van der Waals surface area contributed by atoms with Gasteiger partial charge >= 0.3 is 5.97 Å². The molecule has 1 fully saturated rings. The molecule has 0 aliphatic carbocycles. The molecule has 0 N–H and O–H groups in total. The number of methoxy groups -OCH3 is 2. The molecule has 178 valence electrons. The number of fused-ring (bicyclic) bond motifs is 2. The second-order valence-corrected chi connectivity index (χ2v) is 8.83. The molecule has 0 amide bonds. The lowest BCUT2D eigenvalue weighted by Crippen LogP contribution is -2.56. The second kappa shape index (κ2) is 12.1. The normalized spacial score (nSPS) is 35.7. The van der Waals surface area contributed by atoms with Gasteiger partial charge in [0.25, 0.3) is 0 Å². The van der Waals surface area contributed by atoms with Gasteiger partial charge in [0, 0.05) is 19.8 Å². The van der Waals surface area contributed by atoms with E-state index in [-0.39, 0.29) is 31.8 Å². The Hall–Kier alpha value is -1.25. The molecule has 0 spiro atoms. The lowest BCUT2D eigenvalue weighted by atomic mass is 9.80. The maximum atomic E-state index is 12.5. The molecule has 2 aliphatic rings. The summed E-state index contributed by atoms with van der Waals surface area (Å²) in [6.07, 6.45) is 8.12. The molecule has 7 nitrogen and oxygen atoms in total. The Labute approximate surface area is 187 Å². The minimum atomic E-state index is -0.646. The van der Waals surface area contributed by atoms with Crippen LogP contribution in [0.25, 0.3) is 0 Å². The van der Waals surface area contributed by atoms with Gasteiger partial charge in [-0.2, -0.15) is 0 Å². The third kappa shape index (κ3) is 7.12. The smallest absolute Gasteiger partial charge is 0.333 e. The fourth-order valence-electron chi connectivity index (χ4n) is 4.19. The molecular formula is C24H40O7. The number of hydrogen-bond donors (Lipinski definition) is 0. The average molecular weight is 441 g/mol. The Balaban J connectivity index is 2.36. The quantitative estimate of drug-likeness (QED) is 0.316. The van der Waals surface area contributed by atoms with Crippen LogP contribution >= 0.6 is 0 Å². The number of carbonyl (C=O) groups is 1. The zero-order valence-corrected chi connectivity index (χ0v) is 20.0. The van der Waals surface area contributed by atoms with Crippen molar-refractivity contribution in [3.8, 4) is 0 Å². The van der Waals surface area contributed by atoms with Crippen molar-refractivity contribution in [3.05, 3.63) is 23.3 Å². The van der Waals surface area contributed by atoms with Gasteiger partial charge in [-0.05, 0) is 66.2 Å². The predicted molar refractivity (Wildman–Crippen MR) is 118 cm³/mol. The standard InChI is InChI=1S/C24H40O7/c1-7-28-22(25)19-10-8-18(2)9-11-20-24(4,30-17-27-6)15-13-21(31-20)23(3,14-12-19)29-16-26-5/h8,12,20-21H,7,9-11,13-17H2,1-6H3/b18-8+,19-12+/t20-,21+,23-,24+/m1/s1. The van der Waals surface area contributed by atoms with E-state index in [4.69, 9.17) is 28.4 Å². The highest BCUT2D eigenvalue weighted by molar-refractivity contribution is 5.88. The molecule has 2 heterocycles. The van der Waals surface area contributed by atoms with Crippen LogP contribution in [-0.4, -0.2) is 63.8 Å². The van der Waals surface area contributed by atoms with E-state index in [0.29, 0.717) is 25.0 Å². The number of carbonyl (C=O) groups excluding carboxylic acids is 1. The number of rotatable bonds is 8. The van der Waals surface area contributed by atoms with E-state index in [1.807, 2.05) is 19.9 Å². The van der Waals surface area contributed by atoms with Crippen LogP contribution in [0.1, 0.15) is 66.2 Å². The summed E-state index contributed by atoms with van der Waals surface area (Å²) in [5.74, 6) is -0.277. The monoisotopic (exact) mass is 440 g/mol. The second-order valence-electron chi connectivity index (χ2n) is 8.83. The highest BCUT2D eigenvalue weighted by atomic mass is 16.7. The van der Waals surface area contributed by atoms with Crippen LogP contribution in [0.15, 0.2) is 23.3 Å². The maximum absolute atomic E-state index is 12.5. The molecule has 0 aromatic rings. The van der Waals surface area contributed by atoms with Crippen LogP contribution in [0, 0.1) is 0 Å². The van der Waals surface area contributed by atoms with Crippen molar-refractivity contribution in [1.29, 1.82) is 0 Å². The van der Waals surface area contributed by atoms with Crippen molar-refractivity contribution in [2.24, 2.45) is 0 Å². The van der Waals surface area contributed by atoms with Gasteiger partial charge in [-0.3, -0.25) is 0 Å². The summed E-state index contributed by atoms with van der Waals surface area (Å²) in [6, 6.07) is 0. The molecule has 0 saturated carbocycles. The number of hydrogen-bond acceptors (Lipinski definition) is 7. The largest absolute Gasteiger partial charge is 0.463 e. The van der Waals surface area contributed by atoms with Gasteiger partial charge in [0.15, 0.2) is 0 Å². The van der Waals surface area contributed by atoms with Crippen molar-refractivity contribution in [2.75, 3.05) is 34.4 Å². The number of ether oxygens (including phenoxy) is 6. The van der Waals surface area contributed by atoms with Crippen LogP contribution in [0.2, 0.25) is 0 Å². The summed E-state index contributed by atoms with van der Waals surface area (Å²) in [5.41, 5.74) is 0.793. The topological polar surface area (TPSA) is 72.5 Å². The average Bonchev–Trinajstić information content (AvgIpc) is 2.75. The lowest BCUT2D eigenvalue weighted by Gasteiger charge is -2.49. The van der Waals surface area contributed by atoms with Crippen molar-refractivity contribution in [1.82, 2.24) is 0 Å². The maximum Gasteiger partial charge on any atom is 0.333 e. The highest BCUT2D eigenvalue weighted by Crippen LogP contribution is 2.41. The molecule has 0 aromatic carbocycles. The minimum absolute atomic E-state index is 0.0943. The van der Waals surface area contributed by atoms with Crippen molar-refractivity contribution in [2.45, 2.75) is 89.6 Å². The van der Waals surface area contributed by atoms with E-state index in [1.165, 1.54) is 5.57 Å². The summed E-state index contributed by atoms with van der Waals surface area (Å²) < 4.78 is 34.5. The van der Waals surface area contributed by atoms with Gasteiger partial charge in [0.2, 0.25) is 0 Å². The molecule has 7 heteroatoms. The summed E-state index contributed by atoms with van der Waals surface area (Å²) in [7, 11) is 3.24. The van der Waals surface area contributed by atoms with E-state index >= 15 is 0 Å².